The fourth-order valence-corrected chi connectivity index (χ4v) is 5.76. The maximum Gasteiger partial charge on any atom is 0.430 e. The monoisotopic (exact) mass is 692 g/mol. The van der Waals surface area contributed by atoms with E-state index in [1.54, 1.807) is 62.4 Å². The van der Waals surface area contributed by atoms with Crippen LogP contribution >= 0.6 is 0 Å². The number of carbonyl (C=O) groups excluding carboxylic acids is 2. The van der Waals surface area contributed by atoms with E-state index < -0.39 is 41.0 Å². The van der Waals surface area contributed by atoms with Crippen molar-refractivity contribution in [2.24, 2.45) is 0 Å². The Morgan fingerprint density at radius 3 is 2.31 bits per heavy atom. The number of urea groups is 1. The molecule has 14 heteroatoms. The molecule has 2 aliphatic heterocycles. The third kappa shape index (κ3) is 6.91. The summed E-state index contributed by atoms with van der Waals surface area (Å²) in [6.07, 6.45) is -8.29. The number of carbonyl (C=O) groups is 2. The Balaban J connectivity index is 1.35. The summed E-state index contributed by atoms with van der Waals surface area (Å²) >= 11 is 0. The van der Waals surface area contributed by atoms with Gasteiger partial charge in [-0.15, -0.1) is 0 Å². The summed E-state index contributed by atoms with van der Waals surface area (Å²) in [7, 11) is 0. The quantitative estimate of drug-likeness (QED) is 0.0885. The van der Waals surface area contributed by atoms with Crippen LogP contribution < -0.4 is 19.5 Å². The minimum Gasteiger partial charge on any atom is -0.493 e. The Bertz CT molecular complexity index is 1710. The molecule has 0 radical (unpaired) electrons. The van der Waals surface area contributed by atoms with Gasteiger partial charge in [-0.05, 0) is 67.1 Å². The first kappa shape index (κ1) is 35.6. The van der Waals surface area contributed by atoms with Gasteiger partial charge in [0.2, 0.25) is 6.79 Å². The maximum atomic E-state index is 13.9. The lowest BCUT2D eigenvalue weighted by Crippen LogP contribution is -2.54. The number of halogens is 6. The minimum atomic E-state index is -6.06. The fourth-order valence-electron chi connectivity index (χ4n) is 5.76. The van der Waals surface area contributed by atoms with Crippen LogP contribution in [0.3, 0.4) is 0 Å². The maximum absolute atomic E-state index is 13.9. The Labute approximate surface area is 278 Å². The standard InChI is InChI=1S/C35H34F6N2O6/c1-3-9-23-18-26(33(46,34(36,37)38)35(39,40)41)19-24(13-12-22-10-5-4-6-11-22)29(23)47-17-8-7-16-43-30(44)32(2,42-31(43)45)25-14-15-27-28(20-25)49-21-48-27/h4-6,10-15,18-20,46H,3,7-9,16-17,21H2,1-2H3,(H,42,45)/b13-12+. The highest BCUT2D eigenvalue weighted by molar-refractivity contribution is 6.07. The number of alkyl halides is 6. The van der Waals surface area contributed by atoms with Crippen LogP contribution in [0, 0.1) is 0 Å². The van der Waals surface area contributed by atoms with Gasteiger partial charge in [-0.1, -0.05) is 61.9 Å². The van der Waals surface area contributed by atoms with Crippen LogP contribution in [0.15, 0.2) is 60.7 Å². The molecule has 1 unspecified atom stereocenters. The number of ether oxygens (including phenoxy) is 3. The fraction of sp³-hybridized carbons (Fsp3) is 0.371. The summed E-state index contributed by atoms with van der Waals surface area (Å²) in [4.78, 5) is 27.3. The summed E-state index contributed by atoms with van der Waals surface area (Å²) in [6.45, 7) is 3.32. The van der Waals surface area contributed by atoms with Crippen molar-refractivity contribution >= 4 is 24.1 Å². The zero-order valence-electron chi connectivity index (χ0n) is 26.6. The van der Waals surface area contributed by atoms with Crippen molar-refractivity contribution in [1.29, 1.82) is 0 Å². The molecule has 2 heterocycles. The molecule has 0 aliphatic carbocycles. The molecule has 0 spiro atoms. The van der Waals surface area contributed by atoms with Gasteiger partial charge in [-0.2, -0.15) is 26.3 Å². The summed E-state index contributed by atoms with van der Waals surface area (Å²) in [6, 6.07) is 14.2. The van der Waals surface area contributed by atoms with Crippen LogP contribution in [0.5, 0.6) is 17.2 Å². The van der Waals surface area contributed by atoms with Gasteiger partial charge in [0.15, 0.2) is 11.5 Å². The van der Waals surface area contributed by atoms with E-state index in [2.05, 4.69) is 5.32 Å². The predicted octanol–water partition coefficient (Wildman–Crippen LogP) is 7.48. The molecular weight excluding hydrogens is 658 g/mol. The van der Waals surface area contributed by atoms with Crippen molar-refractivity contribution in [3.63, 3.8) is 0 Å². The molecule has 2 aliphatic rings. The van der Waals surface area contributed by atoms with E-state index in [9.17, 15) is 41.0 Å². The Kier molecular flexibility index (Phi) is 9.91. The molecule has 8 nitrogen and oxygen atoms in total. The number of fused-ring (bicyclic) bond motifs is 1. The Morgan fingerprint density at radius 1 is 0.939 bits per heavy atom. The predicted molar refractivity (Wildman–Crippen MR) is 167 cm³/mol. The molecule has 3 amide bonds. The third-order valence-electron chi connectivity index (χ3n) is 8.45. The highest BCUT2D eigenvalue weighted by Gasteiger charge is 2.71. The lowest BCUT2D eigenvalue weighted by Gasteiger charge is -2.33. The molecule has 1 fully saturated rings. The zero-order chi connectivity index (χ0) is 35.6. The van der Waals surface area contributed by atoms with Gasteiger partial charge in [0.25, 0.3) is 11.5 Å². The molecule has 3 aromatic carbocycles. The number of hydrogen-bond donors (Lipinski definition) is 2. The Hall–Kier alpha value is -4.72. The summed E-state index contributed by atoms with van der Waals surface area (Å²) in [5.41, 5.74) is -6.75. The van der Waals surface area contributed by atoms with Crippen LogP contribution in [0.2, 0.25) is 0 Å². The van der Waals surface area contributed by atoms with Crippen molar-refractivity contribution < 1.29 is 55.2 Å². The van der Waals surface area contributed by atoms with E-state index in [0.29, 0.717) is 41.2 Å². The van der Waals surface area contributed by atoms with Gasteiger partial charge in [-0.25, -0.2) is 4.79 Å². The summed E-state index contributed by atoms with van der Waals surface area (Å²) < 4.78 is 99.9. The number of aliphatic hydroxyl groups is 1. The normalized spacial score (nSPS) is 18.0. The minimum absolute atomic E-state index is 0.0277. The van der Waals surface area contributed by atoms with Crippen molar-refractivity contribution in [2.75, 3.05) is 19.9 Å². The second-order valence-electron chi connectivity index (χ2n) is 11.9. The molecule has 0 saturated carbocycles. The van der Waals surface area contributed by atoms with Gasteiger partial charge >= 0.3 is 18.4 Å². The lowest BCUT2D eigenvalue weighted by molar-refractivity contribution is -0.376. The molecule has 1 saturated heterocycles. The number of nitrogens with zero attached hydrogens (tertiary/aromatic N) is 1. The first-order valence-electron chi connectivity index (χ1n) is 15.5. The van der Waals surface area contributed by atoms with Crippen LogP contribution in [0.25, 0.3) is 12.2 Å². The van der Waals surface area contributed by atoms with E-state index in [-0.39, 0.29) is 56.1 Å². The van der Waals surface area contributed by atoms with Crippen LogP contribution in [0.1, 0.15) is 60.9 Å². The smallest absolute Gasteiger partial charge is 0.430 e. The highest BCUT2D eigenvalue weighted by atomic mass is 19.4. The van der Waals surface area contributed by atoms with Crippen LogP contribution in [-0.4, -0.2) is 54.2 Å². The molecule has 3 aromatic rings. The molecule has 1 atom stereocenters. The number of aryl methyl sites for hydroxylation is 1. The zero-order valence-corrected chi connectivity index (χ0v) is 26.6. The highest BCUT2D eigenvalue weighted by Crippen LogP contribution is 2.51. The first-order chi connectivity index (χ1) is 23.1. The second-order valence-corrected chi connectivity index (χ2v) is 11.9. The summed E-state index contributed by atoms with van der Waals surface area (Å²) in [5.74, 6) is 0.558. The number of imide groups is 1. The number of unbranched alkanes of at least 4 members (excludes halogenated alkanes) is 1. The van der Waals surface area contributed by atoms with Gasteiger partial charge < -0.3 is 24.6 Å². The number of nitrogens with one attached hydrogen (secondary N) is 1. The molecule has 262 valence electrons. The lowest BCUT2D eigenvalue weighted by atomic mass is 9.87. The first-order valence-corrected chi connectivity index (χ1v) is 15.5. The number of rotatable bonds is 12. The number of benzene rings is 3. The largest absolute Gasteiger partial charge is 0.493 e. The average molecular weight is 693 g/mol. The molecule has 0 bridgehead atoms. The van der Waals surface area contributed by atoms with Crippen molar-refractivity contribution in [3.8, 4) is 17.2 Å². The summed E-state index contributed by atoms with van der Waals surface area (Å²) in [5, 5.41) is 12.9. The SMILES string of the molecule is CCCc1cc(C(O)(C(F)(F)F)C(F)(F)F)cc(/C=C/c2ccccc2)c1OCCCCN1C(=O)NC(C)(c2ccc3c(c2)OCO3)C1=O. The number of amides is 3. The third-order valence-corrected chi connectivity index (χ3v) is 8.45. The topological polar surface area (TPSA) is 97.3 Å². The van der Waals surface area contributed by atoms with Gasteiger partial charge in [0, 0.05) is 17.7 Å². The van der Waals surface area contributed by atoms with E-state index in [4.69, 9.17) is 14.2 Å². The molecule has 5 rings (SSSR count). The van der Waals surface area contributed by atoms with E-state index in [1.165, 1.54) is 12.2 Å². The van der Waals surface area contributed by atoms with Crippen LogP contribution in [0.4, 0.5) is 31.1 Å². The van der Waals surface area contributed by atoms with E-state index >= 15 is 0 Å². The molecular formula is C35H34F6N2O6. The van der Waals surface area contributed by atoms with Crippen LogP contribution in [-0.2, 0) is 22.4 Å². The molecule has 0 aromatic heterocycles. The second kappa shape index (κ2) is 13.7. The van der Waals surface area contributed by atoms with Crippen molar-refractivity contribution in [2.45, 2.75) is 63.0 Å². The van der Waals surface area contributed by atoms with Crippen molar-refractivity contribution in [3.05, 3.63) is 88.5 Å². The van der Waals surface area contributed by atoms with E-state index in [1.807, 2.05) is 0 Å². The number of hydrogen-bond acceptors (Lipinski definition) is 6. The Morgan fingerprint density at radius 2 is 1.63 bits per heavy atom. The van der Waals surface area contributed by atoms with Gasteiger partial charge in [0.1, 0.15) is 11.3 Å². The van der Waals surface area contributed by atoms with Gasteiger partial charge in [-0.3, -0.25) is 9.69 Å². The van der Waals surface area contributed by atoms with Gasteiger partial charge in [0.05, 0.1) is 6.61 Å². The molecule has 2 N–H and O–H groups in total. The van der Waals surface area contributed by atoms with E-state index in [0.717, 1.165) is 4.90 Å². The van der Waals surface area contributed by atoms with Crippen molar-refractivity contribution in [1.82, 2.24) is 10.2 Å². The average Bonchev–Trinajstić information content (AvgIpc) is 3.61. The molecule has 49 heavy (non-hydrogen) atoms.